The Morgan fingerprint density at radius 2 is 2.30 bits per heavy atom. The molecular weight excluding hydrogens is 152 g/mol. The molecule has 4 heteroatoms. The van der Waals surface area contributed by atoms with Gasteiger partial charge in [0.2, 0.25) is 0 Å². The number of aliphatic hydroxyl groups is 1. The summed E-state index contributed by atoms with van der Waals surface area (Å²) in [5.41, 5.74) is -1.34. The van der Waals surface area contributed by atoms with Crippen molar-refractivity contribution in [2.24, 2.45) is 0 Å². The minimum Gasteiger partial charge on any atom is -0.467 e. The smallest absolute Gasteiger partial charge is 0.338 e. The average molecular weight is 164 g/mol. The maximum atomic E-state index is 10.7. The third-order valence-electron chi connectivity index (χ3n) is 1.05. The van der Waals surface area contributed by atoms with Crippen molar-refractivity contribution in [3.05, 3.63) is 0 Å². The molecule has 0 saturated carbocycles. The quantitative estimate of drug-likeness (QED) is 0.608. The van der Waals surface area contributed by atoms with E-state index >= 15 is 0 Å². The van der Waals surface area contributed by atoms with Gasteiger partial charge in [0, 0.05) is 5.75 Å². The van der Waals surface area contributed by atoms with E-state index in [1.165, 1.54) is 25.8 Å². The lowest BCUT2D eigenvalue weighted by Gasteiger charge is -2.17. The largest absolute Gasteiger partial charge is 0.467 e. The summed E-state index contributed by atoms with van der Waals surface area (Å²) in [5, 5.41) is 9.29. The van der Waals surface area contributed by atoms with Gasteiger partial charge in [0.1, 0.15) is 0 Å². The molecule has 0 heterocycles. The predicted molar refractivity (Wildman–Crippen MR) is 41.0 cm³/mol. The number of thioether (sulfide) groups is 1. The molecule has 1 N–H and O–H groups in total. The summed E-state index contributed by atoms with van der Waals surface area (Å²) in [4.78, 5) is 10.7. The van der Waals surface area contributed by atoms with Crippen LogP contribution in [0.3, 0.4) is 0 Å². The van der Waals surface area contributed by atoms with E-state index in [4.69, 9.17) is 0 Å². The molecule has 1 unspecified atom stereocenters. The highest BCUT2D eigenvalue weighted by Crippen LogP contribution is 2.11. The second kappa shape index (κ2) is 3.83. The molecule has 0 fully saturated rings. The number of ether oxygens (including phenoxy) is 1. The zero-order valence-corrected chi connectivity index (χ0v) is 7.20. The van der Waals surface area contributed by atoms with Crippen LogP contribution in [0.1, 0.15) is 6.92 Å². The van der Waals surface area contributed by atoms with E-state index in [1.54, 1.807) is 0 Å². The highest BCUT2D eigenvalue weighted by atomic mass is 32.2. The van der Waals surface area contributed by atoms with Gasteiger partial charge < -0.3 is 9.84 Å². The third-order valence-corrected chi connectivity index (χ3v) is 1.90. The molecular formula is C6H12O3S. The first-order valence-corrected chi connectivity index (χ1v) is 4.23. The van der Waals surface area contributed by atoms with E-state index in [0.717, 1.165) is 0 Å². The topological polar surface area (TPSA) is 46.5 Å². The lowest BCUT2D eigenvalue weighted by molar-refractivity contribution is -0.157. The van der Waals surface area contributed by atoms with Crippen LogP contribution in [0.4, 0.5) is 0 Å². The molecule has 0 radical (unpaired) electrons. The lowest BCUT2D eigenvalue weighted by atomic mass is 10.1. The van der Waals surface area contributed by atoms with Gasteiger partial charge >= 0.3 is 5.97 Å². The second-order valence-corrected chi connectivity index (χ2v) is 3.06. The first-order valence-electron chi connectivity index (χ1n) is 2.84. The number of carbonyl (C=O) groups excluding carboxylic acids is 1. The highest BCUT2D eigenvalue weighted by molar-refractivity contribution is 7.98. The van der Waals surface area contributed by atoms with Crippen LogP contribution in [-0.2, 0) is 9.53 Å². The van der Waals surface area contributed by atoms with Crippen LogP contribution in [0.5, 0.6) is 0 Å². The van der Waals surface area contributed by atoms with Gasteiger partial charge in [0.15, 0.2) is 5.60 Å². The van der Waals surface area contributed by atoms with Crippen LogP contribution in [0.2, 0.25) is 0 Å². The van der Waals surface area contributed by atoms with Gasteiger partial charge in [-0.1, -0.05) is 0 Å². The summed E-state index contributed by atoms with van der Waals surface area (Å²) >= 11 is 1.40. The van der Waals surface area contributed by atoms with Gasteiger partial charge in [-0.05, 0) is 13.2 Å². The number of carbonyl (C=O) groups is 1. The minimum atomic E-state index is -1.34. The van der Waals surface area contributed by atoms with Crippen molar-refractivity contribution in [1.29, 1.82) is 0 Å². The fraction of sp³-hybridized carbons (Fsp3) is 0.833. The van der Waals surface area contributed by atoms with E-state index in [2.05, 4.69) is 4.74 Å². The van der Waals surface area contributed by atoms with Gasteiger partial charge in [-0.15, -0.1) is 0 Å². The monoisotopic (exact) mass is 164 g/mol. The first-order chi connectivity index (χ1) is 4.54. The Morgan fingerprint density at radius 1 is 1.80 bits per heavy atom. The second-order valence-electron chi connectivity index (χ2n) is 2.20. The standard InChI is InChI=1S/C6H12O3S/c1-6(8,4-10-3)5(7)9-2/h8H,4H2,1-3H3. The summed E-state index contributed by atoms with van der Waals surface area (Å²) in [5.74, 6) is -0.221. The van der Waals surface area contributed by atoms with Crippen LogP contribution >= 0.6 is 11.8 Å². The van der Waals surface area contributed by atoms with Gasteiger partial charge in [-0.2, -0.15) is 11.8 Å². The fourth-order valence-corrected chi connectivity index (χ4v) is 1.24. The van der Waals surface area contributed by atoms with Crippen molar-refractivity contribution >= 4 is 17.7 Å². The molecule has 0 aliphatic carbocycles. The molecule has 10 heavy (non-hydrogen) atoms. The molecule has 0 rings (SSSR count). The molecule has 0 amide bonds. The van der Waals surface area contributed by atoms with Crippen LogP contribution in [0, 0.1) is 0 Å². The molecule has 0 spiro atoms. The van der Waals surface area contributed by atoms with Crippen molar-refractivity contribution < 1.29 is 14.6 Å². The van der Waals surface area contributed by atoms with Crippen molar-refractivity contribution in [1.82, 2.24) is 0 Å². The summed E-state index contributed by atoms with van der Waals surface area (Å²) in [6, 6.07) is 0. The highest BCUT2D eigenvalue weighted by Gasteiger charge is 2.30. The van der Waals surface area contributed by atoms with Crippen LogP contribution < -0.4 is 0 Å². The van der Waals surface area contributed by atoms with E-state index in [1.807, 2.05) is 6.26 Å². The molecule has 0 saturated heterocycles. The summed E-state index contributed by atoms with van der Waals surface area (Å²) in [7, 11) is 1.26. The van der Waals surface area contributed by atoms with E-state index in [9.17, 15) is 9.90 Å². The van der Waals surface area contributed by atoms with E-state index in [-0.39, 0.29) is 0 Å². The molecule has 0 aliphatic heterocycles. The van der Waals surface area contributed by atoms with Crippen molar-refractivity contribution in [2.75, 3.05) is 19.1 Å². The maximum absolute atomic E-state index is 10.7. The van der Waals surface area contributed by atoms with Crippen LogP contribution in [0.25, 0.3) is 0 Å². The number of hydrogen-bond acceptors (Lipinski definition) is 4. The molecule has 60 valence electrons. The van der Waals surface area contributed by atoms with Crippen molar-refractivity contribution in [2.45, 2.75) is 12.5 Å². The summed E-state index contributed by atoms with van der Waals surface area (Å²) in [6.07, 6.45) is 1.82. The number of esters is 1. The molecule has 0 aromatic rings. The molecule has 0 aromatic heterocycles. The maximum Gasteiger partial charge on any atom is 0.338 e. The fourth-order valence-electron chi connectivity index (χ4n) is 0.560. The Hall–Kier alpha value is -0.220. The van der Waals surface area contributed by atoms with E-state index < -0.39 is 11.6 Å². The Labute approximate surface area is 64.8 Å². The molecule has 0 aliphatic rings. The summed E-state index contributed by atoms with van der Waals surface area (Å²) in [6.45, 7) is 1.44. The van der Waals surface area contributed by atoms with Gasteiger partial charge in [0.05, 0.1) is 7.11 Å². The Kier molecular flexibility index (Phi) is 3.75. The van der Waals surface area contributed by atoms with E-state index in [0.29, 0.717) is 5.75 Å². The van der Waals surface area contributed by atoms with Gasteiger partial charge in [0.25, 0.3) is 0 Å². The number of hydrogen-bond donors (Lipinski definition) is 1. The minimum absolute atomic E-state index is 0.361. The summed E-state index contributed by atoms with van der Waals surface area (Å²) < 4.78 is 4.37. The third kappa shape index (κ3) is 2.58. The predicted octanol–water partition coefficient (Wildman–Crippen LogP) is 0.273. The molecule has 1 atom stereocenters. The van der Waals surface area contributed by atoms with Gasteiger partial charge in [-0.3, -0.25) is 0 Å². The van der Waals surface area contributed by atoms with Crippen molar-refractivity contribution in [3.63, 3.8) is 0 Å². The Balaban J connectivity index is 3.96. The normalized spacial score (nSPS) is 16.0. The number of rotatable bonds is 3. The Morgan fingerprint density at radius 3 is 2.60 bits per heavy atom. The molecule has 3 nitrogen and oxygen atoms in total. The zero-order chi connectivity index (χ0) is 8.20. The molecule has 0 aromatic carbocycles. The average Bonchev–Trinajstić information content (AvgIpc) is 1.86. The number of methoxy groups -OCH3 is 1. The van der Waals surface area contributed by atoms with Gasteiger partial charge in [-0.25, -0.2) is 4.79 Å². The van der Waals surface area contributed by atoms with Crippen LogP contribution in [-0.4, -0.2) is 35.8 Å². The first kappa shape index (κ1) is 9.78. The SMILES string of the molecule is COC(=O)C(C)(O)CSC. The van der Waals surface area contributed by atoms with Crippen LogP contribution in [0.15, 0.2) is 0 Å². The Bertz CT molecular complexity index is 122. The van der Waals surface area contributed by atoms with Crippen molar-refractivity contribution in [3.8, 4) is 0 Å². The molecule has 0 bridgehead atoms. The zero-order valence-electron chi connectivity index (χ0n) is 6.38. The lowest BCUT2D eigenvalue weighted by Crippen LogP contribution is -2.38.